The first-order valence-electron chi connectivity index (χ1n) is 4.80. The maximum absolute atomic E-state index is 11.3. The lowest BCUT2D eigenvalue weighted by molar-refractivity contribution is -0.166. The maximum Gasteiger partial charge on any atom is 0.322 e. The lowest BCUT2D eigenvalue weighted by Crippen LogP contribution is -2.37. The largest absolute Gasteiger partial charge is 0.480 e. The molecular weight excluding hydrogens is 184 g/mol. The van der Waals surface area contributed by atoms with Crippen molar-refractivity contribution in [3.63, 3.8) is 0 Å². The van der Waals surface area contributed by atoms with Gasteiger partial charge in [-0.25, -0.2) is 0 Å². The van der Waals surface area contributed by atoms with Gasteiger partial charge < -0.3 is 9.84 Å². The lowest BCUT2D eigenvalue weighted by atomic mass is 9.85. The van der Waals surface area contributed by atoms with Crippen molar-refractivity contribution in [2.24, 2.45) is 5.41 Å². The first-order chi connectivity index (χ1) is 6.49. The van der Waals surface area contributed by atoms with Crippen LogP contribution in [0.5, 0.6) is 0 Å². The van der Waals surface area contributed by atoms with Gasteiger partial charge in [0.1, 0.15) is 0 Å². The first kappa shape index (κ1) is 12.9. The summed E-state index contributed by atoms with van der Waals surface area (Å²) in [5.41, 5.74) is -1.38. The Balaban J connectivity index is 4.40. The van der Waals surface area contributed by atoms with E-state index in [1.165, 1.54) is 14.0 Å². The van der Waals surface area contributed by atoms with Crippen LogP contribution >= 0.6 is 0 Å². The molecule has 0 aliphatic carbocycles. The Morgan fingerprint density at radius 2 is 1.93 bits per heavy atom. The molecule has 14 heavy (non-hydrogen) atoms. The number of hydrogen-bond acceptors (Lipinski definition) is 3. The SMILES string of the molecule is CCCCCC(C)(C(=O)O)C(=O)OC. The highest BCUT2D eigenvalue weighted by Crippen LogP contribution is 2.26. The lowest BCUT2D eigenvalue weighted by Gasteiger charge is -2.21. The van der Waals surface area contributed by atoms with E-state index < -0.39 is 17.4 Å². The predicted molar refractivity (Wildman–Crippen MR) is 51.9 cm³/mol. The minimum absolute atomic E-state index is 0.336. The summed E-state index contributed by atoms with van der Waals surface area (Å²) in [5, 5.41) is 8.93. The summed E-state index contributed by atoms with van der Waals surface area (Å²) < 4.78 is 4.49. The molecule has 82 valence electrons. The zero-order chi connectivity index (χ0) is 11.2. The van der Waals surface area contributed by atoms with Crippen LogP contribution in [0.3, 0.4) is 0 Å². The Labute approximate surface area is 84.3 Å². The van der Waals surface area contributed by atoms with Crippen molar-refractivity contribution in [3.8, 4) is 0 Å². The van der Waals surface area contributed by atoms with Crippen LogP contribution in [-0.4, -0.2) is 24.2 Å². The van der Waals surface area contributed by atoms with Gasteiger partial charge in [0.15, 0.2) is 5.41 Å². The fourth-order valence-corrected chi connectivity index (χ4v) is 1.25. The van der Waals surface area contributed by atoms with Gasteiger partial charge in [-0.15, -0.1) is 0 Å². The van der Waals surface area contributed by atoms with Crippen LogP contribution in [0.4, 0.5) is 0 Å². The Kier molecular flexibility index (Phi) is 5.20. The quantitative estimate of drug-likeness (QED) is 0.405. The molecule has 4 nitrogen and oxygen atoms in total. The van der Waals surface area contributed by atoms with Crippen LogP contribution < -0.4 is 0 Å². The number of carbonyl (C=O) groups excluding carboxylic acids is 1. The van der Waals surface area contributed by atoms with E-state index in [4.69, 9.17) is 5.11 Å². The number of carboxylic acid groups (broad SMARTS) is 1. The van der Waals surface area contributed by atoms with Gasteiger partial charge in [-0.2, -0.15) is 0 Å². The zero-order valence-electron chi connectivity index (χ0n) is 9.00. The first-order valence-corrected chi connectivity index (χ1v) is 4.80. The number of ether oxygens (including phenoxy) is 1. The summed E-state index contributed by atoms with van der Waals surface area (Å²) in [6.45, 7) is 3.44. The minimum Gasteiger partial charge on any atom is -0.480 e. The second-order valence-electron chi connectivity index (χ2n) is 3.59. The van der Waals surface area contributed by atoms with Gasteiger partial charge in [-0.05, 0) is 13.3 Å². The van der Waals surface area contributed by atoms with Crippen LogP contribution in [0.15, 0.2) is 0 Å². The second kappa shape index (κ2) is 5.62. The third-order valence-corrected chi connectivity index (χ3v) is 2.39. The van der Waals surface area contributed by atoms with E-state index in [-0.39, 0.29) is 0 Å². The maximum atomic E-state index is 11.3. The number of carbonyl (C=O) groups is 2. The minimum atomic E-state index is -1.38. The Hall–Kier alpha value is -1.06. The molecule has 0 amide bonds. The molecule has 0 heterocycles. The molecule has 4 heteroatoms. The molecule has 0 saturated carbocycles. The molecular formula is C10H18O4. The number of aliphatic carboxylic acids is 1. The topological polar surface area (TPSA) is 63.6 Å². The summed E-state index contributed by atoms with van der Waals surface area (Å²) in [7, 11) is 1.21. The van der Waals surface area contributed by atoms with Crippen molar-refractivity contribution in [2.75, 3.05) is 7.11 Å². The van der Waals surface area contributed by atoms with E-state index in [0.717, 1.165) is 19.3 Å². The van der Waals surface area contributed by atoms with Gasteiger partial charge >= 0.3 is 11.9 Å². The highest BCUT2D eigenvalue weighted by atomic mass is 16.5. The molecule has 0 aromatic heterocycles. The Morgan fingerprint density at radius 1 is 1.36 bits per heavy atom. The molecule has 1 atom stereocenters. The zero-order valence-corrected chi connectivity index (χ0v) is 9.00. The molecule has 1 N–H and O–H groups in total. The van der Waals surface area contributed by atoms with Crippen molar-refractivity contribution < 1.29 is 19.4 Å². The number of rotatable bonds is 6. The summed E-state index contributed by atoms with van der Waals surface area (Å²) in [6.07, 6.45) is 2.99. The van der Waals surface area contributed by atoms with E-state index >= 15 is 0 Å². The summed E-state index contributed by atoms with van der Waals surface area (Å²) >= 11 is 0. The summed E-state index contributed by atoms with van der Waals surface area (Å²) in [5.74, 6) is -1.78. The normalized spacial score (nSPS) is 14.5. The smallest absolute Gasteiger partial charge is 0.322 e. The molecule has 0 rings (SSSR count). The molecule has 0 aromatic carbocycles. The standard InChI is InChI=1S/C10H18O4/c1-4-5-6-7-10(2,8(11)12)9(13)14-3/h4-7H2,1-3H3,(H,11,12). The van der Waals surface area contributed by atoms with Crippen LogP contribution in [0, 0.1) is 5.41 Å². The van der Waals surface area contributed by atoms with E-state index in [1.54, 1.807) is 0 Å². The van der Waals surface area contributed by atoms with Crippen LogP contribution in [0.25, 0.3) is 0 Å². The van der Waals surface area contributed by atoms with E-state index in [0.29, 0.717) is 6.42 Å². The van der Waals surface area contributed by atoms with Crippen molar-refractivity contribution in [1.29, 1.82) is 0 Å². The number of methoxy groups -OCH3 is 1. The Morgan fingerprint density at radius 3 is 2.29 bits per heavy atom. The average molecular weight is 202 g/mol. The number of hydrogen-bond donors (Lipinski definition) is 1. The number of carboxylic acids is 1. The molecule has 0 aromatic rings. The molecule has 0 aliphatic heterocycles. The molecule has 0 saturated heterocycles. The number of unbranched alkanes of at least 4 members (excludes halogenated alkanes) is 2. The third-order valence-electron chi connectivity index (χ3n) is 2.39. The van der Waals surface area contributed by atoms with Gasteiger partial charge in [-0.3, -0.25) is 9.59 Å². The van der Waals surface area contributed by atoms with E-state index in [9.17, 15) is 9.59 Å². The van der Waals surface area contributed by atoms with Crippen molar-refractivity contribution in [1.82, 2.24) is 0 Å². The van der Waals surface area contributed by atoms with Gasteiger partial charge in [0.05, 0.1) is 7.11 Å². The highest BCUT2D eigenvalue weighted by molar-refractivity contribution is 5.98. The van der Waals surface area contributed by atoms with E-state index in [1.807, 2.05) is 6.92 Å². The van der Waals surface area contributed by atoms with Gasteiger partial charge in [0.2, 0.25) is 0 Å². The van der Waals surface area contributed by atoms with Crippen molar-refractivity contribution in [2.45, 2.75) is 39.5 Å². The van der Waals surface area contributed by atoms with Crippen LogP contribution in [0.2, 0.25) is 0 Å². The molecule has 0 spiro atoms. The van der Waals surface area contributed by atoms with Gasteiger partial charge in [-0.1, -0.05) is 26.2 Å². The highest BCUT2D eigenvalue weighted by Gasteiger charge is 2.41. The van der Waals surface area contributed by atoms with Crippen molar-refractivity contribution in [3.05, 3.63) is 0 Å². The average Bonchev–Trinajstić information content (AvgIpc) is 2.16. The molecule has 0 radical (unpaired) electrons. The monoisotopic (exact) mass is 202 g/mol. The molecule has 0 fully saturated rings. The van der Waals surface area contributed by atoms with Crippen LogP contribution in [0.1, 0.15) is 39.5 Å². The van der Waals surface area contributed by atoms with E-state index in [2.05, 4.69) is 4.74 Å². The Bertz CT molecular complexity index is 212. The third kappa shape index (κ3) is 3.01. The fraction of sp³-hybridized carbons (Fsp3) is 0.800. The predicted octanol–water partition coefficient (Wildman–Crippen LogP) is 1.83. The van der Waals surface area contributed by atoms with Gasteiger partial charge in [0.25, 0.3) is 0 Å². The van der Waals surface area contributed by atoms with Gasteiger partial charge in [0, 0.05) is 0 Å². The number of esters is 1. The molecule has 1 unspecified atom stereocenters. The summed E-state index contributed by atoms with van der Waals surface area (Å²) in [6, 6.07) is 0. The molecule has 0 aliphatic rings. The van der Waals surface area contributed by atoms with Crippen molar-refractivity contribution >= 4 is 11.9 Å². The van der Waals surface area contributed by atoms with Crippen LogP contribution in [-0.2, 0) is 14.3 Å². The second-order valence-corrected chi connectivity index (χ2v) is 3.59. The molecule has 0 bridgehead atoms. The summed E-state index contributed by atoms with van der Waals surface area (Å²) in [4.78, 5) is 22.2. The fourth-order valence-electron chi connectivity index (χ4n) is 1.25.